The van der Waals surface area contributed by atoms with Crippen LogP contribution < -0.4 is 5.73 Å². The Morgan fingerprint density at radius 1 is 1.10 bits per heavy atom. The lowest BCUT2D eigenvalue weighted by atomic mass is 9.89. The van der Waals surface area contributed by atoms with E-state index < -0.39 is 6.29 Å². The van der Waals surface area contributed by atoms with Crippen molar-refractivity contribution < 1.29 is 19.3 Å². The average Bonchev–Trinajstić information content (AvgIpc) is 2.46. The summed E-state index contributed by atoms with van der Waals surface area (Å²) in [6.07, 6.45) is 3.19. The van der Waals surface area contributed by atoms with Crippen molar-refractivity contribution in [3.8, 4) is 0 Å². The average molecular weight is 289 g/mol. The summed E-state index contributed by atoms with van der Waals surface area (Å²) in [4.78, 5) is 0. The van der Waals surface area contributed by atoms with Crippen molar-refractivity contribution in [3.63, 3.8) is 0 Å². The number of ether oxygens (including phenoxy) is 3. The van der Waals surface area contributed by atoms with E-state index in [0.717, 1.165) is 25.7 Å². The fourth-order valence-electron chi connectivity index (χ4n) is 2.41. The van der Waals surface area contributed by atoms with Crippen LogP contribution in [0.25, 0.3) is 0 Å². The highest BCUT2D eigenvalue weighted by molar-refractivity contribution is 4.90. The maximum absolute atomic E-state index is 9.51. The van der Waals surface area contributed by atoms with Crippen LogP contribution in [0, 0.1) is 5.92 Å². The molecular weight excluding hydrogens is 258 g/mol. The summed E-state index contributed by atoms with van der Waals surface area (Å²) in [6.45, 7) is 7.53. The second-order valence-electron chi connectivity index (χ2n) is 5.58. The van der Waals surface area contributed by atoms with Crippen LogP contribution in [-0.2, 0) is 14.2 Å². The van der Waals surface area contributed by atoms with E-state index >= 15 is 0 Å². The number of aliphatic hydroxyl groups is 1. The van der Waals surface area contributed by atoms with Crippen molar-refractivity contribution >= 4 is 0 Å². The van der Waals surface area contributed by atoms with Gasteiger partial charge in [0.25, 0.3) is 0 Å². The number of aliphatic hydroxyl groups excluding tert-OH is 1. The molecule has 1 saturated heterocycles. The summed E-state index contributed by atoms with van der Waals surface area (Å²) < 4.78 is 17.3. The van der Waals surface area contributed by atoms with Crippen LogP contribution in [0.4, 0.5) is 0 Å². The summed E-state index contributed by atoms with van der Waals surface area (Å²) in [7, 11) is 0. The number of hydrogen-bond donors (Lipinski definition) is 2. The predicted octanol–water partition coefficient (Wildman–Crippen LogP) is 1.67. The molecule has 20 heavy (non-hydrogen) atoms. The van der Waals surface area contributed by atoms with Crippen LogP contribution in [0.15, 0.2) is 0 Å². The van der Waals surface area contributed by atoms with Crippen LogP contribution in [0.2, 0.25) is 0 Å². The maximum Gasteiger partial charge on any atom is 0.173 e. The summed E-state index contributed by atoms with van der Waals surface area (Å²) in [6, 6.07) is -0.221. The van der Waals surface area contributed by atoms with Crippen molar-refractivity contribution in [2.75, 3.05) is 19.8 Å². The van der Waals surface area contributed by atoms with Gasteiger partial charge in [0.2, 0.25) is 0 Å². The smallest absolute Gasteiger partial charge is 0.173 e. The summed E-state index contributed by atoms with van der Waals surface area (Å²) in [5.74, 6) is 0.101. The maximum atomic E-state index is 9.51. The zero-order chi connectivity index (χ0) is 15.0. The molecule has 4 unspecified atom stereocenters. The molecule has 0 bridgehead atoms. The third-order valence-electron chi connectivity index (χ3n) is 3.88. The zero-order valence-corrected chi connectivity index (χ0v) is 13.1. The first kappa shape index (κ1) is 17.9. The fourth-order valence-corrected chi connectivity index (χ4v) is 2.41. The predicted molar refractivity (Wildman–Crippen MR) is 78.4 cm³/mol. The van der Waals surface area contributed by atoms with Gasteiger partial charge >= 0.3 is 0 Å². The van der Waals surface area contributed by atoms with E-state index in [1.165, 1.54) is 0 Å². The highest BCUT2D eigenvalue weighted by atomic mass is 16.7. The number of nitrogens with two attached hydrogens (primary N) is 1. The van der Waals surface area contributed by atoms with Crippen molar-refractivity contribution in [3.05, 3.63) is 0 Å². The van der Waals surface area contributed by atoms with Crippen LogP contribution in [0.5, 0.6) is 0 Å². The van der Waals surface area contributed by atoms with Crippen molar-refractivity contribution in [2.24, 2.45) is 11.7 Å². The lowest BCUT2D eigenvalue weighted by Gasteiger charge is -2.43. The Morgan fingerprint density at radius 3 is 2.25 bits per heavy atom. The molecule has 0 spiro atoms. The van der Waals surface area contributed by atoms with Gasteiger partial charge in [-0.05, 0) is 12.8 Å². The molecule has 120 valence electrons. The van der Waals surface area contributed by atoms with Gasteiger partial charge in [0.15, 0.2) is 6.29 Å². The zero-order valence-electron chi connectivity index (χ0n) is 13.1. The third kappa shape index (κ3) is 4.97. The molecule has 0 aromatic heterocycles. The molecule has 1 aliphatic rings. The standard InChI is InChI=1S/C15H31NO4/c1-4-6-8-18-14-11(3)13(16)15(19-9-7-5-2)20-12(14)10-17/h11-15,17H,4-10,16H2,1-3H3/t11?,12?,13?,14?,15-/m1/s1. The van der Waals surface area contributed by atoms with Crippen molar-refractivity contribution in [2.45, 2.75) is 71.0 Å². The Balaban J connectivity index is 2.54. The van der Waals surface area contributed by atoms with Gasteiger partial charge in [-0.25, -0.2) is 0 Å². The van der Waals surface area contributed by atoms with Gasteiger partial charge in [-0.2, -0.15) is 0 Å². The quantitative estimate of drug-likeness (QED) is 0.632. The molecule has 5 heteroatoms. The third-order valence-corrected chi connectivity index (χ3v) is 3.88. The molecule has 1 aliphatic heterocycles. The highest BCUT2D eigenvalue weighted by Gasteiger charge is 2.42. The van der Waals surface area contributed by atoms with Crippen molar-refractivity contribution in [1.82, 2.24) is 0 Å². The summed E-state index contributed by atoms with van der Waals surface area (Å²) in [5.41, 5.74) is 6.20. The molecule has 1 fully saturated rings. The molecule has 5 atom stereocenters. The van der Waals surface area contributed by atoms with Gasteiger partial charge in [0.05, 0.1) is 18.8 Å². The van der Waals surface area contributed by atoms with Gasteiger partial charge in [0.1, 0.15) is 6.10 Å². The lowest BCUT2D eigenvalue weighted by Crippen LogP contribution is -2.59. The number of unbranched alkanes of at least 4 members (excludes halogenated alkanes) is 2. The Labute approximate surface area is 122 Å². The van der Waals surface area contributed by atoms with E-state index in [2.05, 4.69) is 13.8 Å². The normalized spacial score (nSPS) is 34.4. The van der Waals surface area contributed by atoms with Crippen LogP contribution in [0.3, 0.4) is 0 Å². The highest BCUT2D eigenvalue weighted by Crippen LogP contribution is 2.28. The Bertz CT molecular complexity index is 250. The Kier molecular flexibility index (Phi) is 8.64. The van der Waals surface area contributed by atoms with Gasteiger partial charge < -0.3 is 25.1 Å². The van der Waals surface area contributed by atoms with Gasteiger partial charge in [-0.3, -0.25) is 0 Å². The van der Waals surface area contributed by atoms with Crippen LogP contribution >= 0.6 is 0 Å². The molecule has 0 aromatic rings. The lowest BCUT2D eigenvalue weighted by molar-refractivity contribution is -0.260. The minimum Gasteiger partial charge on any atom is -0.394 e. The first-order valence-electron chi connectivity index (χ1n) is 7.90. The summed E-state index contributed by atoms with van der Waals surface area (Å²) >= 11 is 0. The van der Waals surface area contributed by atoms with Gasteiger partial charge in [-0.1, -0.05) is 33.6 Å². The van der Waals surface area contributed by atoms with E-state index in [1.807, 2.05) is 6.92 Å². The van der Waals surface area contributed by atoms with Crippen molar-refractivity contribution in [1.29, 1.82) is 0 Å². The Morgan fingerprint density at radius 2 is 1.70 bits per heavy atom. The minimum absolute atomic E-state index is 0.0680. The molecule has 3 N–H and O–H groups in total. The summed E-state index contributed by atoms with van der Waals surface area (Å²) in [5, 5.41) is 9.51. The molecule has 0 aliphatic carbocycles. The second kappa shape index (κ2) is 9.68. The minimum atomic E-state index is -0.445. The molecule has 0 aromatic carbocycles. The topological polar surface area (TPSA) is 73.9 Å². The van der Waals surface area contributed by atoms with E-state index in [9.17, 15) is 5.11 Å². The second-order valence-corrected chi connectivity index (χ2v) is 5.58. The largest absolute Gasteiger partial charge is 0.394 e. The van der Waals surface area contributed by atoms with E-state index in [4.69, 9.17) is 19.9 Å². The first-order chi connectivity index (χ1) is 9.65. The first-order valence-corrected chi connectivity index (χ1v) is 7.90. The fraction of sp³-hybridized carbons (Fsp3) is 1.00. The van der Waals surface area contributed by atoms with E-state index in [-0.39, 0.29) is 30.8 Å². The monoisotopic (exact) mass is 289 g/mol. The van der Waals surface area contributed by atoms with Crippen LogP contribution in [0.1, 0.15) is 46.5 Å². The Hall–Kier alpha value is -0.200. The molecule has 1 rings (SSSR count). The number of rotatable bonds is 9. The van der Waals surface area contributed by atoms with Crippen LogP contribution in [-0.4, -0.2) is 49.5 Å². The number of hydrogen-bond acceptors (Lipinski definition) is 5. The SMILES string of the molecule is CCCCOC1C(CO)O[C@@H](OCCCC)C(N)C1C. The van der Waals surface area contributed by atoms with E-state index in [1.54, 1.807) is 0 Å². The van der Waals surface area contributed by atoms with Gasteiger partial charge in [0, 0.05) is 19.1 Å². The van der Waals surface area contributed by atoms with Gasteiger partial charge in [-0.15, -0.1) is 0 Å². The molecular formula is C15H31NO4. The molecule has 0 amide bonds. The molecule has 5 nitrogen and oxygen atoms in total. The molecule has 0 saturated carbocycles. The van der Waals surface area contributed by atoms with E-state index in [0.29, 0.717) is 13.2 Å². The molecule has 0 radical (unpaired) electrons. The molecule has 1 heterocycles.